The molecule has 9 nitrogen and oxygen atoms in total. The first kappa shape index (κ1) is 27.9. The minimum atomic E-state index is -3.94. The molecule has 1 aliphatic carbocycles. The molecule has 1 saturated carbocycles. The highest BCUT2D eigenvalue weighted by atomic mass is 35.5. The summed E-state index contributed by atoms with van der Waals surface area (Å²) in [6.45, 7) is 5.78. The molecule has 3 rings (SSSR count). The van der Waals surface area contributed by atoms with Gasteiger partial charge in [0.15, 0.2) is 0 Å². The van der Waals surface area contributed by atoms with Crippen molar-refractivity contribution in [1.29, 1.82) is 0 Å². The van der Waals surface area contributed by atoms with Crippen molar-refractivity contribution in [2.75, 3.05) is 6.54 Å². The molecule has 0 saturated heterocycles. The number of carbonyl (C=O) groups excluding carboxylic acids is 1. The van der Waals surface area contributed by atoms with Gasteiger partial charge >= 0.3 is 6.09 Å². The van der Waals surface area contributed by atoms with Crippen LogP contribution in [0.4, 0.5) is 10.5 Å². The van der Waals surface area contributed by atoms with Crippen molar-refractivity contribution in [3.63, 3.8) is 0 Å². The summed E-state index contributed by atoms with van der Waals surface area (Å²) in [4.78, 5) is 25.0. The van der Waals surface area contributed by atoms with Crippen LogP contribution in [0.3, 0.4) is 0 Å². The van der Waals surface area contributed by atoms with Gasteiger partial charge in [-0.2, -0.15) is 0 Å². The number of carbonyl (C=O) groups is 1. The zero-order chi connectivity index (χ0) is 26.5. The van der Waals surface area contributed by atoms with Crippen LogP contribution in [0, 0.1) is 10.1 Å². The SMILES string of the molecule is CC(C)(C)OC(=O)N(CCCc1ccc(Cl)cc1)C1CCCC1NS(=O)(=O)c1ccc([N+](=O)[O-])cc1. The maximum absolute atomic E-state index is 13.2. The van der Waals surface area contributed by atoms with Crippen molar-refractivity contribution in [1.82, 2.24) is 9.62 Å². The lowest BCUT2D eigenvalue weighted by atomic mass is 10.1. The van der Waals surface area contributed by atoms with Crippen LogP contribution in [0.2, 0.25) is 5.02 Å². The lowest BCUT2D eigenvalue weighted by Crippen LogP contribution is -2.52. The zero-order valence-corrected chi connectivity index (χ0v) is 22.2. The summed E-state index contributed by atoms with van der Waals surface area (Å²) >= 11 is 5.96. The molecule has 0 radical (unpaired) electrons. The van der Waals surface area contributed by atoms with E-state index < -0.39 is 32.7 Å². The number of hydrogen-bond donors (Lipinski definition) is 1. The van der Waals surface area contributed by atoms with E-state index in [1.807, 2.05) is 24.3 Å². The van der Waals surface area contributed by atoms with Crippen molar-refractivity contribution >= 4 is 33.4 Å². The van der Waals surface area contributed by atoms with E-state index in [0.29, 0.717) is 30.8 Å². The molecule has 0 aromatic heterocycles. The number of non-ortho nitro benzene ring substituents is 1. The van der Waals surface area contributed by atoms with E-state index in [1.165, 1.54) is 12.1 Å². The Hall–Kier alpha value is -2.69. The molecule has 0 heterocycles. The van der Waals surface area contributed by atoms with Gasteiger partial charge in [-0.1, -0.05) is 23.7 Å². The number of benzene rings is 2. The fourth-order valence-electron chi connectivity index (χ4n) is 4.28. The van der Waals surface area contributed by atoms with Gasteiger partial charge in [0, 0.05) is 29.7 Å². The summed E-state index contributed by atoms with van der Waals surface area (Å²) in [6, 6.07) is 11.4. The van der Waals surface area contributed by atoms with Crippen LogP contribution >= 0.6 is 11.6 Å². The minimum Gasteiger partial charge on any atom is -0.444 e. The second-order valence-electron chi connectivity index (χ2n) is 9.88. The molecule has 196 valence electrons. The summed E-state index contributed by atoms with van der Waals surface area (Å²) < 4.78 is 34.5. The molecule has 1 fully saturated rings. The number of nitro groups is 1. The summed E-state index contributed by atoms with van der Waals surface area (Å²) in [5, 5.41) is 11.6. The van der Waals surface area contributed by atoms with Crippen molar-refractivity contribution in [3.8, 4) is 0 Å². The maximum atomic E-state index is 13.2. The average molecular weight is 538 g/mol. The normalized spacial score (nSPS) is 18.1. The van der Waals surface area contributed by atoms with Crippen LogP contribution in [0.25, 0.3) is 0 Å². The fraction of sp³-hybridized carbons (Fsp3) is 0.480. The molecular weight excluding hydrogens is 506 g/mol. The molecule has 1 aliphatic rings. The smallest absolute Gasteiger partial charge is 0.410 e. The number of hydrogen-bond acceptors (Lipinski definition) is 6. The van der Waals surface area contributed by atoms with Crippen molar-refractivity contribution in [2.24, 2.45) is 0 Å². The van der Waals surface area contributed by atoms with Gasteiger partial charge in [-0.15, -0.1) is 0 Å². The predicted octanol–water partition coefficient (Wildman–Crippen LogP) is 5.32. The second kappa shape index (κ2) is 11.6. The van der Waals surface area contributed by atoms with Gasteiger partial charge in [-0.05, 0) is 82.7 Å². The maximum Gasteiger partial charge on any atom is 0.410 e. The third-order valence-electron chi connectivity index (χ3n) is 5.95. The number of amides is 1. The number of nitrogens with one attached hydrogen (secondary N) is 1. The van der Waals surface area contributed by atoms with Gasteiger partial charge in [0.1, 0.15) is 5.60 Å². The molecule has 2 aromatic carbocycles. The molecular formula is C25H32ClN3O6S. The Morgan fingerprint density at radius 2 is 1.78 bits per heavy atom. The van der Waals surface area contributed by atoms with E-state index in [0.717, 1.165) is 30.5 Å². The van der Waals surface area contributed by atoms with E-state index in [1.54, 1.807) is 25.7 Å². The minimum absolute atomic E-state index is 0.0645. The number of nitrogens with zero attached hydrogens (tertiary/aromatic N) is 2. The Morgan fingerprint density at radius 1 is 1.14 bits per heavy atom. The molecule has 2 aromatic rings. The molecule has 1 N–H and O–H groups in total. The molecule has 0 bridgehead atoms. The lowest BCUT2D eigenvalue weighted by Gasteiger charge is -2.35. The fourth-order valence-corrected chi connectivity index (χ4v) is 5.71. The van der Waals surface area contributed by atoms with Crippen molar-refractivity contribution in [3.05, 3.63) is 69.2 Å². The highest BCUT2D eigenvalue weighted by Gasteiger charge is 2.38. The van der Waals surface area contributed by atoms with E-state index in [-0.39, 0.29) is 16.6 Å². The molecule has 0 spiro atoms. The average Bonchev–Trinajstić information content (AvgIpc) is 3.23. The highest BCUT2D eigenvalue weighted by Crippen LogP contribution is 2.28. The largest absolute Gasteiger partial charge is 0.444 e. The topological polar surface area (TPSA) is 119 Å². The predicted molar refractivity (Wildman–Crippen MR) is 138 cm³/mol. The van der Waals surface area contributed by atoms with Crippen LogP contribution < -0.4 is 4.72 Å². The summed E-state index contributed by atoms with van der Waals surface area (Å²) in [7, 11) is -3.94. The first-order valence-corrected chi connectivity index (χ1v) is 13.7. The Bertz CT molecular complexity index is 1160. The van der Waals surface area contributed by atoms with E-state index in [4.69, 9.17) is 16.3 Å². The third-order valence-corrected chi connectivity index (χ3v) is 7.71. The number of sulfonamides is 1. The van der Waals surface area contributed by atoms with Crippen LogP contribution in [0.15, 0.2) is 53.4 Å². The van der Waals surface area contributed by atoms with Crippen molar-refractivity contribution < 1.29 is 22.9 Å². The van der Waals surface area contributed by atoms with Crippen molar-refractivity contribution in [2.45, 2.75) is 75.5 Å². The summed E-state index contributed by atoms with van der Waals surface area (Å²) in [6.07, 6.45) is 2.85. The van der Waals surface area contributed by atoms with Crippen LogP contribution in [0.5, 0.6) is 0 Å². The molecule has 2 unspecified atom stereocenters. The highest BCUT2D eigenvalue weighted by molar-refractivity contribution is 7.89. The Kier molecular flexibility index (Phi) is 8.97. The number of aryl methyl sites for hydroxylation is 1. The molecule has 36 heavy (non-hydrogen) atoms. The standard InChI is InChI=1S/C25H32ClN3O6S/c1-25(2,3)35-24(30)28(17-5-6-18-9-11-19(26)12-10-18)23-8-4-7-22(23)27-36(33,34)21-15-13-20(14-16-21)29(31)32/h9-16,22-23,27H,4-8,17H2,1-3H3. The van der Waals surface area contributed by atoms with Gasteiger partial charge < -0.3 is 9.64 Å². The Balaban J connectivity index is 1.75. The lowest BCUT2D eigenvalue weighted by molar-refractivity contribution is -0.384. The second-order valence-corrected chi connectivity index (χ2v) is 12.0. The molecule has 11 heteroatoms. The monoisotopic (exact) mass is 537 g/mol. The number of rotatable bonds is 9. The van der Waals surface area contributed by atoms with Gasteiger partial charge in [0.2, 0.25) is 10.0 Å². The number of nitro benzene ring substituents is 1. The van der Waals surface area contributed by atoms with Gasteiger partial charge in [-0.25, -0.2) is 17.9 Å². The Labute approximate surface area is 217 Å². The molecule has 0 aliphatic heterocycles. The third kappa shape index (κ3) is 7.65. The van der Waals surface area contributed by atoms with E-state index >= 15 is 0 Å². The van der Waals surface area contributed by atoms with Gasteiger partial charge in [-0.3, -0.25) is 10.1 Å². The first-order chi connectivity index (χ1) is 16.9. The van der Waals surface area contributed by atoms with Gasteiger partial charge in [0.25, 0.3) is 5.69 Å². The Morgan fingerprint density at radius 3 is 2.36 bits per heavy atom. The quantitative estimate of drug-likeness (QED) is 0.341. The number of ether oxygens (including phenoxy) is 1. The summed E-state index contributed by atoms with van der Waals surface area (Å²) in [5.41, 5.74) is 0.201. The van der Waals surface area contributed by atoms with Gasteiger partial charge in [0.05, 0.1) is 15.9 Å². The molecule has 1 amide bonds. The molecule has 2 atom stereocenters. The van der Waals surface area contributed by atoms with Crippen LogP contribution in [0.1, 0.15) is 52.0 Å². The van der Waals surface area contributed by atoms with Crippen LogP contribution in [-0.4, -0.2) is 48.6 Å². The summed E-state index contributed by atoms with van der Waals surface area (Å²) in [5.74, 6) is 0. The first-order valence-electron chi connectivity index (χ1n) is 11.9. The number of halogens is 1. The van der Waals surface area contributed by atoms with Crippen LogP contribution in [-0.2, 0) is 21.2 Å². The van der Waals surface area contributed by atoms with E-state index in [2.05, 4.69) is 4.72 Å². The van der Waals surface area contributed by atoms with E-state index in [9.17, 15) is 23.3 Å². The zero-order valence-electron chi connectivity index (χ0n) is 20.6.